The molecule has 1 amide bonds. The van der Waals surface area contributed by atoms with Crippen molar-refractivity contribution in [3.8, 4) is 5.69 Å². The Morgan fingerprint density at radius 2 is 1.68 bits per heavy atom. The number of rotatable bonds is 7. The SMILES string of the molecule is Cc1c(NC(=O)CN[C@@H](c2ccccc2)c2cccs2)c(=O)n(-c2ccccc2)n1C. The van der Waals surface area contributed by atoms with E-state index in [1.54, 1.807) is 27.7 Å². The van der Waals surface area contributed by atoms with E-state index >= 15 is 0 Å². The Labute approximate surface area is 184 Å². The summed E-state index contributed by atoms with van der Waals surface area (Å²) in [6.45, 7) is 1.90. The van der Waals surface area contributed by atoms with Gasteiger partial charge in [0, 0.05) is 11.9 Å². The number of nitrogens with zero attached hydrogens (tertiary/aromatic N) is 2. The smallest absolute Gasteiger partial charge is 0.295 e. The molecule has 1 atom stereocenters. The lowest BCUT2D eigenvalue weighted by atomic mass is 10.1. The van der Waals surface area contributed by atoms with Crippen molar-refractivity contribution in [3.63, 3.8) is 0 Å². The minimum Gasteiger partial charge on any atom is -0.319 e. The molecule has 0 unspecified atom stereocenters. The first-order valence-electron chi connectivity index (χ1n) is 10.0. The fraction of sp³-hybridized carbons (Fsp3) is 0.167. The maximum Gasteiger partial charge on any atom is 0.295 e. The second-order valence-electron chi connectivity index (χ2n) is 7.22. The van der Waals surface area contributed by atoms with Crippen LogP contribution in [0.3, 0.4) is 0 Å². The molecule has 2 aromatic carbocycles. The van der Waals surface area contributed by atoms with Crippen LogP contribution in [0.1, 0.15) is 22.2 Å². The van der Waals surface area contributed by atoms with Gasteiger partial charge in [-0.15, -0.1) is 11.3 Å². The van der Waals surface area contributed by atoms with Gasteiger partial charge in [0.1, 0.15) is 5.69 Å². The highest BCUT2D eigenvalue weighted by atomic mass is 32.1. The van der Waals surface area contributed by atoms with Crippen molar-refractivity contribution in [2.75, 3.05) is 11.9 Å². The zero-order valence-corrected chi connectivity index (χ0v) is 18.2. The van der Waals surface area contributed by atoms with E-state index in [0.29, 0.717) is 11.4 Å². The predicted molar refractivity (Wildman–Crippen MR) is 125 cm³/mol. The molecule has 0 saturated carbocycles. The van der Waals surface area contributed by atoms with Gasteiger partial charge >= 0.3 is 0 Å². The zero-order chi connectivity index (χ0) is 21.8. The summed E-state index contributed by atoms with van der Waals surface area (Å²) in [5, 5.41) is 8.16. The normalized spacial score (nSPS) is 11.9. The van der Waals surface area contributed by atoms with E-state index in [2.05, 4.69) is 10.6 Å². The number of hydrogen-bond acceptors (Lipinski definition) is 4. The summed E-state index contributed by atoms with van der Waals surface area (Å²) in [4.78, 5) is 26.9. The number of hydrogen-bond donors (Lipinski definition) is 2. The molecule has 0 fully saturated rings. The third-order valence-electron chi connectivity index (χ3n) is 5.25. The van der Waals surface area contributed by atoms with Crippen LogP contribution in [-0.2, 0) is 11.8 Å². The van der Waals surface area contributed by atoms with E-state index in [1.165, 1.54) is 0 Å². The number of amides is 1. The molecule has 31 heavy (non-hydrogen) atoms. The Hall–Kier alpha value is -3.42. The number of benzene rings is 2. The monoisotopic (exact) mass is 432 g/mol. The van der Waals surface area contributed by atoms with Gasteiger partial charge in [-0.2, -0.15) is 0 Å². The van der Waals surface area contributed by atoms with Gasteiger partial charge < -0.3 is 5.32 Å². The van der Waals surface area contributed by atoms with Gasteiger partial charge in [-0.05, 0) is 36.1 Å². The van der Waals surface area contributed by atoms with E-state index in [1.807, 2.05) is 85.1 Å². The van der Waals surface area contributed by atoms with E-state index in [-0.39, 0.29) is 24.1 Å². The second kappa shape index (κ2) is 9.16. The molecule has 2 aromatic heterocycles. The molecule has 2 heterocycles. The van der Waals surface area contributed by atoms with Gasteiger partial charge in [0.25, 0.3) is 5.56 Å². The van der Waals surface area contributed by atoms with Crippen LogP contribution in [0, 0.1) is 6.92 Å². The fourth-order valence-corrected chi connectivity index (χ4v) is 4.40. The Morgan fingerprint density at radius 3 is 2.32 bits per heavy atom. The van der Waals surface area contributed by atoms with Gasteiger partial charge in [0.05, 0.1) is 24.0 Å². The summed E-state index contributed by atoms with van der Waals surface area (Å²) in [6.07, 6.45) is 0. The minimum atomic E-state index is -0.261. The summed E-state index contributed by atoms with van der Waals surface area (Å²) in [5.41, 5.74) is 2.57. The van der Waals surface area contributed by atoms with E-state index in [9.17, 15) is 9.59 Å². The highest BCUT2D eigenvalue weighted by molar-refractivity contribution is 7.10. The Bertz CT molecular complexity index is 1210. The molecule has 7 heteroatoms. The minimum absolute atomic E-state index is 0.0799. The second-order valence-corrected chi connectivity index (χ2v) is 8.20. The van der Waals surface area contributed by atoms with Crippen molar-refractivity contribution >= 4 is 22.9 Å². The Morgan fingerprint density at radius 1 is 1.00 bits per heavy atom. The van der Waals surface area contributed by atoms with E-state index in [4.69, 9.17) is 0 Å². The first-order chi connectivity index (χ1) is 15.1. The summed E-state index contributed by atoms with van der Waals surface area (Å²) in [7, 11) is 1.81. The Kier molecular flexibility index (Phi) is 6.16. The number of carbonyl (C=O) groups is 1. The van der Waals surface area contributed by atoms with Crippen LogP contribution < -0.4 is 16.2 Å². The van der Waals surface area contributed by atoms with Gasteiger partial charge in [0.15, 0.2) is 0 Å². The number of aromatic nitrogens is 2. The van der Waals surface area contributed by atoms with Crippen molar-refractivity contribution in [2.24, 2.45) is 7.05 Å². The molecule has 0 spiro atoms. The summed E-state index contributed by atoms with van der Waals surface area (Å²) >= 11 is 1.64. The zero-order valence-electron chi connectivity index (χ0n) is 17.4. The lowest BCUT2D eigenvalue weighted by Crippen LogP contribution is -2.33. The third kappa shape index (κ3) is 4.38. The molecule has 4 rings (SSSR count). The molecule has 0 aliphatic heterocycles. The van der Waals surface area contributed by atoms with Crippen LogP contribution in [0.2, 0.25) is 0 Å². The topological polar surface area (TPSA) is 68.1 Å². The van der Waals surface area contributed by atoms with Crippen molar-refractivity contribution in [2.45, 2.75) is 13.0 Å². The number of carbonyl (C=O) groups excluding carboxylic acids is 1. The maximum atomic E-state index is 13.0. The van der Waals surface area contributed by atoms with Crippen LogP contribution in [-0.4, -0.2) is 21.8 Å². The van der Waals surface area contributed by atoms with Crippen molar-refractivity contribution in [3.05, 3.63) is 105 Å². The predicted octanol–water partition coefficient (Wildman–Crippen LogP) is 3.86. The van der Waals surface area contributed by atoms with E-state index in [0.717, 1.165) is 16.1 Å². The summed E-state index contributed by atoms with van der Waals surface area (Å²) in [5.74, 6) is -0.261. The molecule has 0 aliphatic carbocycles. The number of nitrogens with one attached hydrogen (secondary N) is 2. The first kappa shape index (κ1) is 20.8. The van der Waals surface area contributed by atoms with Crippen molar-refractivity contribution < 1.29 is 4.79 Å². The first-order valence-corrected chi connectivity index (χ1v) is 10.9. The quantitative estimate of drug-likeness (QED) is 0.466. The molecule has 0 saturated heterocycles. The van der Waals surface area contributed by atoms with Gasteiger partial charge in [-0.3, -0.25) is 19.6 Å². The number of thiophene rings is 1. The molecular weight excluding hydrogens is 408 g/mol. The van der Waals surface area contributed by atoms with Gasteiger partial charge in [-0.1, -0.05) is 54.6 Å². The molecule has 4 aromatic rings. The van der Waals surface area contributed by atoms with Crippen LogP contribution in [0.15, 0.2) is 83.0 Å². The third-order valence-corrected chi connectivity index (χ3v) is 6.18. The van der Waals surface area contributed by atoms with E-state index < -0.39 is 0 Å². The van der Waals surface area contributed by atoms with Gasteiger partial charge in [0.2, 0.25) is 5.91 Å². The van der Waals surface area contributed by atoms with Crippen LogP contribution in [0.5, 0.6) is 0 Å². The average Bonchev–Trinajstić information content (AvgIpc) is 3.39. The molecule has 2 N–H and O–H groups in total. The molecule has 0 aliphatic rings. The van der Waals surface area contributed by atoms with Crippen LogP contribution >= 0.6 is 11.3 Å². The lowest BCUT2D eigenvalue weighted by Gasteiger charge is -2.17. The van der Waals surface area contributed by atoms with Crippen molar-refractivity contribution in [1.29, 1.82) is 0 Å². The number of anilines is 1. The van der Waals surface area contributed by atoms with Crippen LogP contribution in [0.4, 0.5) is 5.69 Å². The molecule has 158 valence electrons. The molecule has 0 radical (unpaired) electrons. The lowest BCUT2D eigenvalue weighted by molar-refractivity contribution is -0.115. The highest BCUT2D eigenvalue weighted by Crippen LogP contribution is 2.25. The number of para-hydroxylation sites is 1. The maximum absolute atomic E-state index is 13.0. The fourth-order valence-electron chi connectivity index (χ4n) is 3.57. The average molecular weight is 433 g/mol. The Balaban J connectivity index is 1.52. The van der Waals surface area contributed by atoms with Crippen LogP contribution in [0.25, 0.3) is 5.69 Å². The highest BCUT2D eigenvalue weighted by Gasteiger charge is 2.20. The van der Waals surface area contributed by atoms with Gasteiger partial charge in [-0.25, -0.2) is 4.68 Å². The summed E-state index contributed by atoms with van der Waals surface area (Å²) < 4.78 is 3.30. The summed E-state index contributed by atoms with van der Waals surface area (Å²) in [6, 6.07) is 23.3. The standard InChI is InChI=1S/C24H24N4O2S/c1-17-22(24(30)28(27(17)2)19-12-7-4-8-13-19)26-21(29)16-25-23(20-14-9-15-31-20)18-10-5-3-6-11-18/h3-15,23,25H,16H2,1-2H3,(H,26,29)/t23-/m0/s1. The molecule has 6 nitrogen and oxygen atoms in total. The molecular formula is C24H24N4O2S. The van der Waals surface area contributed by atoms with Crippen molar-refractivity contribution in [1.82, 2.24) is 14.7 Å². The largest absolute Gasteiger partial charge is 0.319 e. The molecule has 0 bridgehead atoms.